The molecule has 0 unspecified atom stereocenters. The number of carbonyl (C=O) groups excluding carboxylic acids is 2. The summed E-state index contributed by atoms with van der Waals surface area (Å²) in [6.45, 7) is 7.86. The van der Waals surface area contributed by atoms with E-state index in [2.05, 4.69) is 35.9 Å². The van der Waals surface area contributed by atoms with Gasteiger partial charge in [-0.25, -0.2) is 0 Å². The van der Waals surface area contributed by atoms with E-state index in [1.54, 1.807) is 0 Å². The summed E-state index contributed by atoms with van der Waals surface area (Å²) in [6.07, 6.45) is 0. The topological polar surface area (TPSA) is 58.2 Å². The van der Waals surface area contributed by atoms with Crippen molar-refractivity contribution in [3.63, 3.8) is 0 Å². The summed E-state index contributed by atoms with van der Waals surface area (Å²) < 4.78 is 0. The molecule has 4 nitrogen and oxygen atoms in total. The van der Waals surface area contributed by atoms with Gasteiger partial charge in [0.05, 0.1) is 0 Å². The van der Waals surface area contributed by atoms with Crippen LogP contribution in [0.25, 0.3) is 0 Å². The van der Waals surface area contributed by atoms with Crippen LogP contribution in [0.2, 0.25) is 0 Å². The summed E-state index contributed by atoms with van der Waals surface area (Å²) in [6, 6.07) is 11.8. The summed E-state index contributed by atoms with van der Waals surface area (Å²) in [4.78, 5) is 22.1. The van der Waals surface area contributed by atoms with Crippen molar-refractivity contribution < 1.29 is 26.4 Å². The van der Waals surface area contributed by atoms with Gasteiger partial charge in [0.2, 0.25) is 0 Å². The number of aryl methyl sites for hydroxylation is 4. The van der Waals surface area contributed by atoms with Crippen molar-refractivity contribution in [2.45, 2.75) is 27.7 Å². The van der Waals surface area contributed by atoms with E-state index in [9.17, 15) is 9.59 Å². The number of hydrogen-bond acceptors (Lipinski definition) is 4. The fraction of sp³-hybridized carbons (Fsp3) is 0.300. The summed E-state index contributed by atoms with van der Waals surface area (Å²) in [7, 11) is 0. The molecule has 0 fully saturated rings. The number of nitrogens with one attached hydrogen (secondary N) is 2. The van der Waals surface area contributed by atoms with Crippen LogP contribution in [0.3, 0.4) is 0 Å². The zero-order chi connectivity index (χ0) is 19.7. The largest absolute Gasteiger partial charge is 2.00 e. The molecule has 0 aliphatic rings. The van der Waals surface area contributed by atoms with Crippen molar-refractivity contribution in [2.75, 3.05) is 22.1 Å². The van der Waals surface area contributed by atoms with Gasteiger partial charge in [0.1, 0.15) is 0 Å². The second kappa shape index (κ2) is 12.9. The molecule has 0 saturated heterocycles. The van der Waals surface area contributed by atoms with Crippen molar-refractivity contribution in [2.24, 2.45) is 0 Å². The van der Waals surface area contributed by atoms with E-state index >= 15 is 0 Å². The molecule has 2 aromatic carbocycles. The molecule has 0 spiro atoms. The maximum Gasteiger partial charge on any atom is 2.00 e. The van der Waals surface area contributed by atoms with Gasteiger partial charge in [0.25, 0.3) is 0 Å². The van der Waals surface area contributed by atoms with Gasteiger partial charge < -0.3 is 35.9 Å². The van der Waals surface area contributed by atoms with Crippen LogP contribution in [0.1, 0.15) is 22.3 Å². The van der Waals surface area contributed by atoms with E-state index in [0.717, 1.165) is 33.6 Å². The Kier molecular flexibility index (Phi) is 12.2. The van der Waals surface area contributed by atoms with E-state index in [4.69, 9.17) is 0 Å². The Labute approximate surface area is 182 Å². The third-order valence-electron chi connectivity index (χ3n) is 3.75. The average Bonchev–Trinajstić information content (AvgIpc) is 2.61. The third kappa shape index (κ3) is 8.42. The summed E-state index contributed by atoms with van der Waals surface area (Å²) in [5.74, 6) is -0.0264. The molecule has 0 heterocycles. The minimum atomic E-state index is -0.118. The standard InChI is InChI=1S/2C10H13NOS.Co/c2*1-7-4-3-5-8(2)10(7)11-9(12)6-13;/h2*3-5,13H,6H2,1-2H3,(H,11,12);/q;;+2/p-2. The van der Waals surface area contributed by atoms with Crippen LogP contribution >= 0.6 is 0 Å². The van der Waals surface area contributed by atoms with E-state index in [1.165, 1.54) is 0 Å². The van der Waals surface area contributed by atoms with Crippen LogP contribution in [0, 0.1) is 27.7 Å². The molecule has 0 saturated carbocycles. The SMILES string of the molecule is Cc1cccc(C)c1NC(=O)C[S-].Cc1cccc(C)c1NC(=O)C[S-].[Co+2]. The van der Waals surface area contributed by atoms with Crippen LogP contribution in [-0.4, -0.2) is 23.3 Å². The first kappa shape index (κ1) is 25.6. The molecule has 0 bridgehead atoms. The van der Waals surface area contributed by atoms with Crippen molar-refractivity contribution >= 4 is 48.4 Å². The Hall–Kier alpha value is -1.41. The van der Waals surface area contributed by atoms with E-state index in [1.807, 2.05) is 64.1 Å². The second-order valence-electron chi connectivity index (χ2n) is 5.92. The van der Waals surface area contributed by atoms with Crippen molar-refractivity contribution in [1.29, 1.82) is 0 Å². The number of amides is 2. The van der Waals surface area contributed by atoms with E-state index in [0.29, 0.717) is 0 Å². The van der Waals surface area contributed by atoms with Crippen LogP contribution in [0.5, 0.6) is 0 Å². The molecule has 0 aliphatic heterocycles. The molecule has 27 heavy (non-hydrogen) atoms. The monoisotopic (exact) mass is 447 g/mol. The first-order valence-electron chi connectivity index (χ1n) is 8.18. The van der Waals surface area contributed by atoms with Gasteiger partial charge >= 0.3 is 16.8 Å². The minimum absolute atomic E-state index is 0. The van der Waals surface area contributed by atoms with Crippen LogP contribution in [0.4, 0.5) is 11.4 Å². The maximum atomic E-state index is 11.1. The number of carbonyl (C=O) groups is 2. The maximum absolute atomic E-state index is 11.1. The fourth-order valence-corrected chi connectivity index (χ4v) is 2.52. The van der Waals surface area contributed by atoms with Crippen LogP contribution < -0.4 is 10.6 Å². The Balaban J connectivity index is 0.000000483. The molecule has 0 aliphatic carbocycles. The van der Waals surface area contributed by atoms with E-state index in [-0.39, 0.29) is 40.1 Å². The fourth-order valence-electron chi connectivity index (χ4n) is 2.37. The molecule has 2 aromatic rings. The molecule has 147 valence electrons. The molecule has 2 amide bonds. The molecule has 2 N–H and O–H groups in total. The normalized spacial score (nSPS) is 9.41. The Morgan fingerprint density at radius 1 is 0.704 bits per heavy atom. The van der Waals surface area contributed by atoms with Crippen LogP contribution in [0.15, 0.2) is 36.4 Å². The molecule has 0 aromatic heterocycles. The number of para-hydroxylation sites is 2. The summed E-state index contributed by atoms with van der Waals surface area (Å²) in [5.41, 5.74) is 6.04. The van der Waals surface area contributed by atoms with Gasteiger partial charge in [0, 0.05) is 11.4 Å². The van der Waals surface area contributed by atoms with Gasteiger partial charge in [-0.05, 0) is 49.9 Å². The number of benzene rings is 2. The zero-order valence-corrected chi connectivity index (χ0v) is 18.5. The Morgan fingerprint density at radius 2 is 0.963 bits per heavy atom. The molecular formula is C20H24CoN2O2S2. The van der Waals surface area contributed by atoms with Gasteiger partial charge in [0.15, 0.2) is 11.8 Å². The zero-order valence-electron chi connectivity index (χ0n) is 15.8. The Bertz CT molecular complexity index is 677. The van der Waals surface area contributed by atoms with Gasteiger partial charge in [-0.1, -0.05) is 47.9 Å². The molecule has 7 heteroatoms. The van der Waals surface area contributed by atoms with Gasteiger partial charge in [-0.3, -0.25) is 9.59 Å². The number of hydrogen-bond donors (Lipinski definition) is 2. The summed E-state index contributed by atoms with van der Waals surface area (Å²) >= 11 is 9.30. The minimum Gasteiger partial charge on any atom is -0.783 e. The van der Waals surface area contributed by atoms with Gasteiger partial charge in [-0.15, -0.1) is 0 Å². The number of anilines is 2. The first-order valence-corrected chi connectivity index (χ1v) is 9.34. The predicted octanol–water partition coefficient (Wildman–Crippen LogP) is 3.58. The summed E-state index contributed by atoms with van der Waals surface area (Å²) in [5, 5.41) is 5.57. The first-order chi connectivity index (χ1) is 12.3. The Morgan fingerprint density at radius 3 is 1.19 bits per heavy atom. The van der Waals surface area contributed by atoms with Crippen LogP contribution in [-0.2, 0) is 51.6 Å². The number of rotatable bonds is 4. The molecule has 1 radical (unpaired) electrons. The molecule has 2 rings (SSSR count). The predicted molar refractivity (Wildman–Crippen MR) is 114 cm³/mol. The molecule has 0 atom stereocenters. The van der Waals surface area contributed by atoms with Crippen molar-refractivity contribution in [1.82, 2.24) is 0 Å². The van der Waals surface area contributed by atoms with Gasteiger partial charge in [-0.2, -0.15) is 0 Å². The van der Waals surface area contributed by atoms with Crippen molar-refractivity contribution in [3.8, 4) is 0 Å². The smallest absolute Gasteiger partial charge is 0.783 e. The molecular weight excluding hydrogens is 423 g/mol. The quantitative estimate of drug-likeness (QED) is 0.704. The van der Waals surface area contributed by atoms with E-state index < -0.39 is 0 Å². The third-order valence-corrected chi connectivity index (χ3v) is 4.28. The average molecular weight is 447 g/mol. The van der Waals surface area contributed by atoms with Crippen molar-refractivity contribution in [3.05, 3.63) is 58.7 Å². The second-order valence-corrected chi connectivity index (χ2v) is 6.50.